The van der Waals surface area contributed by atoms with E-state index in [4.69, 9.17) is 9.47 Å². The third-order valence-electron chi connectivity index (χ3n) is 20.7. The van der Waals surface area contributed by atoms with E-state index in [1.165, 1.54) is 57.2 Å². The number of benzene rings is 4. The number of H-pyrrole nitrogens is 2. The van der Waals surface area contributed by atoms with Gasteiger partial charge in [0.05, 0.1) is 64.0 Å². The van der Waals surface area contributed by atoms with Crippen molar-refractivity contribution >= 4 is 87.2 Å². The maximum absolute atomic E-state index is 13.7. The Kier molecular flexibility index (Phi) is 26.7. The molecule has 4 unspecified atom stereocenters. The van der Waals surface area contributed by atoms with Gasteiger partial charge in [-0.1, -0.05) is 55.4 Å². The first-order valence-corrected chi connectivity index (χ1v) is 37.0. The zero-order valence-electron chi connectivity index (χ0n) is 63.2. The Labute approximate surface area is 605 Å². The Morgan fingerprint density at radius 2 is 0.740 bits per heavy atom. The smallest absolute Gasteiger partial charge is 0.435 e. The number of hydrogen-bond acceptors (Lipinski definition) is 10. The van der Waals surface area contributed by atoms with Crippen molar-refractivity contribution in [3.8, 4) is 11.5 Å². The van der Waals surface area contributed by atoms with Crippen LogP contribution in [0.25, 0.3) is 87.2 Å². The van der Waals surface area contributed by atoms with Gasteiger partial charge in [-0.3, -0.25) is 14.6 Å². The van der Waals surface area contributed by atoms with Crippen LogP contribution < -0.4 is 41.6 Å². The molecule has 6 N–H and O–H groups in total. The van der Waals surface area contributed by atoms with Gasteiger partial charge < -0.3 is 59.0 Å². The maximum atomic E-state index is 13.7. The molecule has 104 heavy (non-hydrogen) atoms. The van der Waals surface area contributed by atoms with Crippen LogP contribution in [0.1, 0.15) is 181 Å². The van der Waals surface area contributed by atoms with Gasteiger partial charge in [0.2, 0.25) is 0 Å². The van der Waals surface area contributed by atoms with E-state index in [0.717, 1.165) is 97.9 Å². The van der Waals surface area contributed by atoms with Gasteiger partial charge in [-0.25, -0.2) is 4.98 Å². The SMILES string of the molecule is CCC(CC)NCC(C)n1c2cc(=O)ccc2c2cc[nH]c(C(F)(F)F)c21.CCC(CC)NCC(C)n1c2cc(=O)ccc2c2cc[nH]c(C)c21.CCC(CC)NCC(C)n1c2cc(OC)ccc2c2ccnc(C(F)(F)F)c21.CCC(CC)NCC(C)n1c2cc(OC)ccc2c2ccnc(C)c21. The molecule has 16 nitrogen and oxygen atoms in total. The molecule has 0 aliphatic rings. The molecule has 0 bridgehead atoms. The third kappa shape index (κ3) is 17.1. The second-order valence-electron chi connectivity index (χ2n) is 27.5. The van der Waals surface area contributed by atoms with E-state index in [-0.39, 0.29) is 40.0 Å². The number of halogens is 6. The molecule has 0 saturated heterocycles. The van der Waals surface area contributed by atoms with Crippen LogP contribution in [0.5, 0.6) is 11.5 Å². The fourth-order valence-corrected chi connectivity index (χ4v) is 14.8. The minimum absolute atomic E-state index is 0.0633. The van der Waals surface area contributed by atoms with Crippen molar-refractivity contribution < 1.29 is 35.8 Å². The lowest BCUT2D eigenvalue weighted by molar-refractivity contribution is -0.140. The van der Waals surface area contributed by atoms with Gasteiger partial charge in [0.1, 0.15) is 17.2 Å². The quantitative estimate of drug-likeness (QED) is 0.0286. The topological polar surface area (TPSA) is 178 Å². The highest BCUT2D eigenvalue weighted by molar-refractivity contribution is 6.12. The molecule has 12 rings (SSSR count). The maximum Gasteiger partial charge on any atom is 0.435 e. The van der Waals surface area contributed by atoms with Crippen LogP contribution in [0.4, 0.5) is 26.3 Å². The van der Waals surface area contributed by atoms with Crippen molar-refractivity contribution in [3.63, 3.8) is 0 Å². The minimum atomic E-state index is -4.53. The Bertz CT molecular complexity index is 4970. The fourth-order valence-electron chi connectivity index (χ4n) is 14.8. The summed E-state index contributed by atoms with van der Waals surface area (Å²) < 4.78 is 101. The summed E-state index contributed by atoms with van der Waals surface area (Å²) in [5, 5.41) is 21.6. The van der Waals surface area contributed by atoms with E-state index in [1.807, 2.05) is 44.4 Å². The van der Waals surface area contributed by atoms with Crippen molar-refractivity contribution in [2.45, 2.75) is 209 Å². The summed E-state index contributed by atoms with van der Waals surface area (Å²) in [6.45, 7) is 32.7. The summed E-state index contributed by atoms with van der Waals surface area (Å²) in [5.41, 5.74) is 6.51. The normalized spacial score (nSPS) is 13.4. The Balaban J connectivity index is 0.000000161. The largest absolute Gasteiger partial charge is 0.497 e. The van der Waals surface area contributed by atoms with Crippen LogP contribution >= 0.6 is 0 Å². The van der Waals surface area contributed by atoms with Gasteiger partial charge in [-0.15, -0.1) is 0 Å². The summed E-state index contributed by atoms with van der Waals surface area (Å²) in [6, 6.07) is 30.9. The van der Waals surface area contributed by atoms with Crippen molar-refractivity contribution in [2.24, 2.45) is 0 Å². The number of methoxy groups -OCH3 is 2. The lowest BCUT2D eigenvalue weighted by atomic mass is 10.1. The molecule has 8 heterocycles. The second-order valence-corrected chi connectivity index (χ2v) is 27.5. The van der Waals surface area contributed by atoms with Crippen LogP contribution in [-0.4, -0.2) is 103 Å². The number of rotatable bonds is 26. The molecule has 22 heteroatoms. The van der Waals surface area contributed by atoms with Gasteiger partial charge in [0.25, 0.3) is 0 Å². The Hall–Kier alpha value is -8.70. The molecule has 12 aromatic rings. The van der Waals surface area contributed by atoms with Crippen LogP contribution in [0.15, 0.2) is 131 Å². The third-order valence-corrected chi connectivity index (χ3v) is 20.7. The molecule has 0 radical (unpaired) electrons. The molecule has 0 amide bonds. The van der Waals surface area contributed by atoms with Crippen molar-refractivity contribution in [2.75, 3.05) is 40.4 Å². The number of alkyl halides is 6. The predicted molar refractivity (Wildman–Crippen MR) is 416 cm³/mol. The highest BCUT2D eigenvalue weighted by Crippen LogP contribution is 2.43. The van der Waals surface area contributed by atoms with Gasteiger partial charge >= 0.3 is 12.4 Å². The molecule has 0 spiro atoms. The molecule has 8 aromatic heterocycles. The van der Waals surface area contributed by atoms with Crippen LogP contribution in [0.3, 0.4) is 0 Å². The number of nitrogens with one attached hydrogen (secondary N) is 6. The summed E-state index contributed by atoms with van der Waals surface area (Å²) in [7, 11) is 3.27. The minimum Gasteiger partial charge on any atom is -0.497 e. The van der Waals surface area contributed by atoms with Crippen molar-refractivity contribution in [1.82, 2.24) is 59.5 Å². The summed E-state index contributed by atoms with van der Waals surface area (Å²) in [4.78, 5) is 37.8. The average molecular weight is 1440 g/mol. The summed E-state index contributed by atoms with van der Waals surface area (Å²) in [6.07, 6.45) is 5.77. The number of aromatic amines is 2. The van der Waals surface area contributed by atoms with Crippen LogP contribution in [-0.2, 0) is 12.4 Å². The lowest BCUT2D eigenvalue weighted by Gasteiger charge is -2.22. The zero-order valence-corrected chi connectivity index (χ0v) is 63.2. The number of fused-ring (bicyclic) bond motifs is 12. The van der Waals surface area contributed by atoms with Crippen LogP contribution in [0, 0.1) is 13.8 Å². The molecule has 0 aliphatic heterocycles. The summed E-state index contributed by atoms with van der Waals surface area (Å²) >= 11 is 0. The predicted octanol–water partition coefficient (Wildman–Crippen LogP) is 19.4. The van der Waals surface area contributed by atoms with Crippen molar-refractivity contribution in [1.29, 1.82) is 0 Å². The lowest BCUT2D eigenvalue weighted by Crippen LogP contribution is -2.32. The molecular formula is C82H106F6N12O4. The molecule has 4 aromatic carbocycles. The number of aromatic nitrogens is 8. The first-order chi connectivity index (χ1) is 49.7. The first kappa shape index (κ1) is 79.4. The number of nitrogens with zero attached hydrogens (tertiary/aromatic N) is 6. The molecular weight excluding hydrogens is 1330 g/mol. The molecule has 4 atom stereocenters. The van der Waals surface area contributed by atoms with E-state index in [9.17, 15) is 35.9 Å². The van der Waals surface area contributed by atoms with Crippen molar-refractivity contribution in [3.05, 3.63) is 165 Å². The summed E-state index contributed by atoms with van der Waals surface area (Å²) in [5.74, 6) is 1.50. The molecule has 0 fully saturated rings. The van der Waals surface area contributed by atoms with E-state index in [1.54, 1.807) is 65.8 Å². The van der Waals surface area contributed by atoms with Gasteiger partial charge in [-0.05, 0) is 166 Å². The van der Waals surface area contributed by atoms with Gasteiger partial charge in [0.15, 0.2) is 16.6 Å². The van der Waals surface area contributed by atoms with Gasteiger partial charge in [-0.2, -0.15) is 26.3 Å². The Morgan fingerprint density at radius 3 is 1.13 bits per heavy atom. The Morgan fingerprint density at radius 1 is 0.404 bits per heavy atom. The first-order valence-electron chi connectivity index (χ1n) is 37.0. The molecule has 0 saturated carbocycles. The number of ether oxygens (including phenoxy) is 2. The molecule has 560 valence electrons. The monoisotopic (exact) mass is 1440 g/mol. The van der Waals surface area contributed by atoms with Gasteiger partial charge in [0, 0.05) is 172 Å². The zero-order chi connectivity index (χ0) is 75.5. The second kappa shape index (κ2) is 34.9. The standard InChI is InChI=1S/C21H26F3N3O.C21H29N3O.C20H24F3N3O.C20H27N3O/c1-5-14(6-2)26-12-13(3)27-18-11-15(28-4)7-8-16(18)17-9-10-25-20(19(17)27)21(22,23)24;1-6-16(7-2)23-13-14(3)24-20-12-17(25-5)8-9-18(20)19-10-11-22-15(4)21(19)24;1-4-13(5-2)25-11-12(3)26-17-10-14(27)6-7-15(17)16-8-9-24-19(18(16)26)20(21,22)23;1-5-15(6-2)22-12-13(3)23-19-11-16(24)7-8-17(19)18-9-10-21-14(4)20(18)23/h7-11,13-14,26H,5-6,12H2,1-4H3;8-12,14,16,23H,6-7,13H2,1-5H3;6-10,12-13,24-25H,4-5,11H2,1-3H3;7-11,13,15,21-22H,5-6,12H2,1-4H3. The number of pyridine rings is 4. The van der Waals surface area contributed by atoms with E-state index < -0.39 is 23.7 Å². The number of hydrogen-bond donors (Lipinski definition) is 6. The highest BCUT2D eigenvalue weighted by atomic mass is 19.4. The average Bonchev–Trinajstić information content (AvgIpc) is 1.59. The van der Waals surface area contributed by atoms with E-state index >= 15 is 0 Å². The number of aryl methyl sites for hydroxylation is 2. The highest BCUT2D eigenvalue weighted by Gasteiger charge is 2.38. The van der Waals surface area contributed by atoms with Crippen LogP contribution in [0.2, 0.25) is 0 Å². The van der Waals surface area contributed by atoms with E-state index in [0.29, 0.717) is 76.2 Å². The fraction of sp³-hybridized carbons (Fsp3) is 0.463. The van der Waals surface area contributed by atoms with E-state index in [2.05, 4.69) is 158 Å². The molecule has 0 aliphatic carbocycles.